The monoisotopic (exact) mass is 345 g/mol. The number of halogens is 1. The summed E-state index contributed by atoms with van der Waals surface area (Å²) >= 11 is 0. The molecule has 0 aliphatic rings. The van der Waals surface area contributed by atoms with E-state index in [1.54, 1.807) is 36.4 Å². The summed E-state index contributed by atoms with van der Waals surface area (Å²) in [4.78, 5) is 24.6. The maximum atomic E-state index is 13.3. The lowest BCUT2D eigenvalue weighted by molar-refractivity contribution is -0.146. The van der Waals surface area contributed by atoms with Gasteiger partial charge in [-0.1, -0.05) is 42.5 Å². The first-order valence-corrected chi connectivity index (χ1v) is 7.75. The highest BCUT2D eigenvalue weighted by Gasteiger charge is 2.27. The summed E-state index contributed by atoms with van der Waals surface area (Å²) < 4.78 is 23.3. The molecule has 2 rings (SSSR count). The van der Waals surface area contributed by atoms with Crippen molar-refractivity contribution >= 4 is 11.9 Å². The lowest BCUT2D eigenvalue weighted by Crippen LogP contribution is -2.45. The summed E-state index contributed by atoms with van der Waals surface area (Å²) in [5, 5.41) is 2.62. The molecule has 0 aromatic heterocycles. The number of rotatable bonds is 7. The van der Waals surface area contributed by atoms with Crippen LogP contribution in [0.5, 0.6) is 0 Å². The Bertz CT molecular complexity index is 720. The number of hydrogen-bond acceptors (Lipinski definition) is 4. The molecule has 0 saturated heterocycles. The molecule has 0 aliphatic carbocycles. The van der Waals surface area contributed by atoms with E-state index in [-0.39, 0.29) is 6.42 Å². The normalized spacial score (nSPS) is 12.9. The molecule has 0 saturated carbocycles. The van der Waals surface area contributed by atoms with Crippen LogP contribution < -0.4 is 5.32 Å². The van der Waals surface area contributed by atoms with Gasteiger partial charge in [0.2, 0.25) is 0 Å². The van der Waals surface area contributed by atoms with Crippen molar-refractivity contribution in [1.29, 1.82) is 0 Å². The first kappa shape index (κ1) is 18.6. The summed E-state index contributed by atoms with van der Waals surface area (Å²) in [6.07, 6.45) is -0.748. The quantitative estimate of drug-likeness (QED) is 0.783. The largest absolute Gasteiger partial charge is 0.467 e. The highest BCUT2D eigenvalue weighted by atomic mass is 19.1. The van der Waals surface area contributed by atoms with Gasteiger partial charge in [0, 0.05) is 13.5 Å². The molecule has 2 atom stereocenters. The zero-order valence-electron chi connectivity index (χ0n) is 14.1. The van der Waals surface area contributed by atoms with Crippen LogP contribution in [-0.4, -0.2) is 32.1 Å². The second kappa shape index (κ2) is 8.94. The van der Waals surface area contributed by atoms with E-state index >= 15 is 0 Å². The van der Waals surface area contributed by atoms with Gasteiger partial charge in [0.25, 0.3) is 5.91 Å². The lowest BCUT2D eigenvalue weighted by Gasteiger charge is -2.21. The van der Waals surface area contributed by atoms with E-state index in [1.807, 2.05) is 6.07 Å². The highest BCUT2D eigenvalue weighted by Crippen LogP contribution is 2.17. The average molecular weight is 345 g/mol. The van der Waals surface area contributed by atoms with Gasteiger partial charge in [-0.05, 0) is 23.3 Å². The Labute approximate surface area is 145 Å². The summed E-state index contributed by atoms with van der Waals surface area (Å²) in [5.74, 6) is -1.49. The maximum absolute atomic E-state index is 13.3. The standard InChI is InChI=1S/C19H20FNO4/c1-24-17(14-8-4-3-5-9-14)18(22)21-16(19(23)25-2)12-13-7-6-10-15(20)11-13/h3-11,16-17H,12H2,1-2H3,(H,21,22)/t16-,17+/m1/s1. The minimum Gasteiger partial charge on any atom is -0.467 e. The zero-order valence-corrected chi connectivity index (χ0v) is 14.1. The van der Waals surface area contributed by atoms with Crippen LogP contribution in [-0.2, 0) is 25.5 Å². The second-order valence-corrected chi connectivity index (χ2v) is 5.44. The molecule has 0 unspecified atom stereocenters. The molecule has 0 heterocycles. The van der Waals surface area contributed by atoms with Crippen molar-refractivity contribution in [2.24, 2.45) is 0 Å². The zero-order chi connectivity index (χ0) is 18.2. The third-order valence-corrected chi connectivity index (χ3v) is 3.71. The molecule has 0 fully saturated rings. The van der Waals surface area contributed by atoms with Gasteiger partial charge in [0.1, 0.15) is 11.9 Å². The van der Waals surface area contributed by atoms with Gasteiger partial charge >= 0.3 is 5.97 Å². The van der Waals surface area contributed by atoms with Crippen molar-refractivity contribution < 1.29 is 23.5 Å². The fraction of sp³-hybridized carbons (Fsp3) is 0.263. The molecule has 5 nitrogen and oxygen atoms in total. The minimum atomic E-state index is -0.944. The van der Waals surface area contributed by atoms with Crippen LogP contribution in [0.2, 0.25) is 0 Å². The van der Waals surface area contributed by atoms with Crippen LogP contribution >= 0.6 is 0 Å². The summed E-state index contributed by atoms with van der Waals surface area (Å²) in [5.41, 5.74) is 1.24. The van der Waals surface area contributed by atoms with E-state index in [0.29, 0.717) is 11.1 Å². The number of nitrogens with one attached hydrogen (secondary N) is 1. The fourth-order valence-electron chi connectivity index (χ4n) is 2.50. The molecule has 2 aromatic rings. The molecule has 0 spiro atoms. The second-order valence-electron chi connectivity index (χ2n) is 5.44. The predicted octanol–water partition coefficient (Wildman–Crippen LogP) is 2.41. The van der Waals surface area contributed by atoms with Crippen LogP contribution in [0, 0.1) is 5.82 Å². The van der Waals surface area contributed by atoms with Crippen LogP contribution in [0.1, 0.15) is 17.2 Å². The number of esters is 1. The summed E-state index contributed by atoms with van der Waals surface area (Å²) in [7, 11) is 2.65. The molecule has 0 aliphatic heterocycles. The summed E-state index contributed by atoms with van der Waals surface area (Å²) in [6, 6.07) is 13.8. The van der Waals surface area contributed by atoms with Crippen LogP contribution in [0.15, 0.2) is 54.6 Å². The number of amides is 1. The Hall–Kier alpha value is -2.73. The van der Waals surface area contributed by atoms with Gasteiger partial charge in [-0.2, -0.15) is 0 Å². The number of benzene rings is 2. The van der Waals surface area contributed by atoms with Gasteiger partial charge in [0.05, 0.1) is 7.11 Å². The number of ether oxygens (including phenoxy) is 2. The Balaban J connectivity index is 2.15. The number of hydrogen-bond donors (Lipinski definition) is 1. The third kappa shape index (κ3) is 5.12. The first-order chi connectivity index (χ1) is 12.0. The lowest BCUT2D eigenvalue weighted by atomic mass is 10.0. The van der Waals surface area contributed by atoms with Crippen LogP contribution in [0.3, 0.4) is 0 Å². The molecule has 1 N–H and O–H groups in total. The van der Waals surface area contributed by atoms with Crippen LogP contribution in [0.25, 0.3) is 0 Å². The smallest absolute Gasteiger partial charge is 0.328 e. The molecule has 132 valence electrons. The minimum absolute atomic E-state index is 0.112. The molecular formula is C19H20FNO4. The Morgan fingerprint density at radius 1 is 1.08 bits per heavy atom. The SMILES string of the molecule is COC(=O)[C@@H](Cc1cccc(F)c1)NC(=O)[C@@H](OC)c1ccccc1. The third-order valence-electron chi connectivity index (χ3n) is 3.71. The Morgan fingerprint density at radius 2 is 1.80 bits per heavy atom. The molecule has 2 aromatic carbocycles. The first-order valence-electron chi connectivity index (χ1n) is 7.75. The Kier molecular flexibility index (Phi) is 6.65. The van der Waals surface area contributed by atoms with Gasteiger partial charge in [-0.3, -0.25) is 4.79 Å². The van der Waals surface area contributed by atoms with Crippen molar-refractivity contribution in [3.8, 4) is 0 Å². The van der Waals surface area contributed by atoms with Crippen molar-refractivity contribution in [1.82, 2.24) is 5.32 Å². The number of methoxy groups -OCH3 is 2. The number of carbonyl (C=O) groups is 2. The van der Waals surface area contributed by atoms with E-state index in [9.17, 15) is 14.0 Å². The van der Waals surface area contributed by atoms with E-state index in [0.717, 1.165) is 0 Å². The predicted molar refractivity (Wildman–Crippen MR) is 90.2 cm³/mol. The van der Waals surface area contributed by atoms with E-state index in [2.05, 4.69) is 5.32 Å². The maximum Gasteiger partial charge on any atom is 0.328 e. The van der Waals surface area contributed by atoms with Crippen molar-refractivity contribution in [3.05, 3.63) is 71.5 Å². The molecule has 6 heteroatoms. The fourth-order valence-corrected chi connectivity index (χ4v) is 2.50. The van der Waals surface area contributed by atoms with Crippen molar-refractivity contribution in [2.45, 2.75) is 18.6 Å². The molecule has 25 heavy (non-hydrogen) atoms. The van der Waals surface area contributed by atoms with E-state index in [4.69, 9.17) is 9.47 Å². The average Bonchev–Trinajstić information content (AvgIpc) is 2.62. The van der Waals surface area contributed by atoms with Gasteiger partial charge < -0.3 is 14.8 Å². The topological polar surface area (TPSA) is 64.6 Å². The van der Waals surface area contributed by atoms with Crippen molar-refractivity contribution in [3.63, 3.8) is 0 Å². The molecule has 0 bridgehead atoms. The van der Waals surface area contributed by atoms with E-state index in [1.165, 1.54) is 26.4 Å². The van der Waals surface area contributed by atoms with Crippen molar-refractivity contribution in [2.75, 3.05) is 14.2 Å². The Morgan fingerprint density at radius 3 is 2.40 bits per heavy atom. The number of carbonyl (C=O) groups excluding carboxylic acids is 2. The van der Waals surface area contributed by atoms with Gasteiger partial charge in [0.15, 0.2) is 6.10 Å². The molecule has 1 amide bonds. The van der Waals surface area contributed by atoms with E-state index < -0.39 is 29.8 Å². The van der Waals surface area contributed by atoms with Gasteiger partial charge in [-0.15, -0.1) is 0 Å². The summed E-state index contributed by atoms with van der Waals surface area (Å²) in [6.45, 7) is 0. The van der Waals surface area contributed by atoms with Gasteiger partial charge in [-0.25, -0.2) is 9.18 Å². The molecular weight excluding hydrogens is 325 g/mol. The highest BCUT2D eigenvalue weighted by molar-refractivity contribution is 5.87. The van der Waals surface area contributed by atoms with Crippen LogP contribution in [0.4, 0.5) is 4.39 Å². The molecule has 0 radical (unpaired) electrons.